The number of pyridine rings is 2. The van der Waals surface area contributed by atoms with Crippen molar-refractivity contribution in [2.45, 2.75) is 31.8 Å². The number of nitrogens with one attached hydrogen (secondary N) is 3. The average Bonchev–Trinajstić information content (AvgIpc) is 3.16. The molecule has 0 fully saturated rings. The van der Waals surface area contributed by atoms with Gasteiger partial charge >= 0.3 is 6.18 Å². The third-order valence-corrected chi connectivity index (χ3v) is 5.10. The van der Waals surface area contributed by atoms with Gasteiger partial charge in [0.15, 0.2) is 11.6 Å². The van der Waals surface area contributed by atoms with Gasteiger partial charge in [-0.2, -0.15) is 13.2 Å². The van der Waals surface area contributed by atoms with Gasteiger partial charge in [-0.05, 0) is 13.8 Å². The number of aliphatic hydroxyl groups is 1. The molecule has 0 saturated heterocycles. The van der Waals surface area contributed by atoms with E-state index in [9.17, 15) is 31.9 Å². The van der Waals surface area contributed by atoms with Crippen LogP contribution in [0.3, 0.4) is 0 Å². The monoisotopic (exact) mass is 490 g/mol. The standard InChI is InChI=1S/C19H19F5N6O2S/c1-18(2,32)13(21)6-26-16(31)9-5-25-14(4-11(9)27-7-19(22,23)24)29-15-10(20)3-12-17(30-15)33-8-28-12/h3-5,8,13,32H,6-7H2,1-2H3,(H,26,31)(H2,25,27,29,30)/t13-/m1/s1. The van der Waals surface area contributed by atoms with Crippen LogP contribution in [0.25, 0.3) is 10.3 Å². The quantitative estimate of drug-likeness (QED) is 0.356. The summed E-state index contributed by atoms with van der Waals surface area (Å²) in [7, 11) is 0. The van der Waals surface area contributed by atoms with Crippen molar-refractivity contribution >= 4 is 44.9 Å². The fraction of sp³-hybridized carbons (Fsp3) is 0.368. The minimum absolute atomic E-state index is 0.0913. The Morgan fingerprint density at radius 2 is 1.97 bits per heavy atom. The van der Waals surface area contributed by atoms with Crippen molar-refractivity contribution in [2.24, 2.45) is 0 Å². The molecule has 33 heavy (non-hydrogen) atoms. The van der Waals surface area contributed by atoms with E-state index in [0.29, 0.717) is 10.3 Å². The van der Waals surface area contributed by atoms with Gasteiger partial charge in [0.2, 0.25) is 0 Å². The van der Waals surface area contributed by atoms with Crippen molar-refractivity contribution in [3.05, 3.63) is 35.2 Å². The van der Waals surface area contributed by atoms with E-state index in [-0.39, 0.29) is 22.9 Å². The lowest BCUT2D eigenvalue weighted by atomic mass is 10.0. The summed E-state index contributed by atoms with van der Waals surface area (Å²) in [5.74, 6) is -2.00. The molecule has 0 unspecified atom stereocenters. The van der Waals surface area contributed by atoms with Crippen LogP contribution in [0.1, 0.15) is 24.2 Å². The Labute approximate surface area is 188 Å². The SMILES string of the molecule is CC(C)(O)[C@H](F)CNC(=O)c1cnc(Nc2nc3scnc3cc2F)cc1NCC(F)(F)F. The first kappa shape index (κ1) is 24.5. The zero-order valence-electron chi connectivity index (χ0n) is 17.3. The summed E-state index contributed by atoms with van der Waals surface area (Å²) in [6, 6.07) is 2.21. The predicted octanol–water partition coefficient (Wildman–Crippen LogP) is 3.78. The molecule has 3 aromatic rings. The number of carbonyl (C=O) groups is 1. The van der Waals surface area contributed by atoms with Gasteiger partial charge in [-0.25, -0.2) is 23.7 Å². The fourth-order valence-corrected chi connectivity index (χ4v) is 3.20. The average molecular weight is 490 g/mol. The molecule has 0 aliphatic heterocycles. The number of thiazole rings is 1. The van der Waals surface area contributed by atoms with Crippen LogP contribution in [-0.4, -0.2) is 57.0 Å². The third kappa shape index (κ3) is 6.44. The minimum Gasteiger partial charge on any atom is -0.387 e. The maximum atomic E-state index is 14.3. The summed E-state index contributed by atoms with van der Waals surface area (Å²) in [5.41, 5.74) is -0.495. The number of fused-ring (bicyclic) bond motifs is 1. The fourth-order valence-electron chi connectivity index (χ4n) is 2.56. The van der Waals surface area contributed by atoms with Crippen LogP contribution in [0.5, 0.6) is 0 Å². The topological polar surface area (TPSA) is 112 Å². The van der Waals surface area contributed by atoms with Gasteiger partial charge in [-0.3, -0.25) is 4.79 Å². The molecule has 178 valence electrons. The predicted molar refractivity (Wildman–Crippen MR) is 113 cm³/mol. The Kier molecular flexibility index (Phi) is 6.97. The number of amides is 1. The van der Waals surface area contributed by atoms with Gasteiger partial charge in [0.1, 0.15) is 28.9 Å². The Balaban J connectivity index is 1.85. The van der Waals surface area contributed by atoms with Crippen LogP contribution in [0.2, 0.25) is 0 Å². The molecular weight excluding hydrogens is 471 g/mol. The summed E-state index contributed by atoms with van der Waals surface area (Å²) >= 11 is 1.16. The van der Waals surface area contributed by atoms with Gasteiger partial charge in [-0.1, -0.05) is 0 Å². The summed E-state index contributed by atoms with van der Waals surface area (Å²) < 4.78 is 66.4. The van der Waals surface area contributed by atoms with Gasteiger partial charge in [0.25, 0.3) is 5.91 Å². The van der Waals surface area contributed by atoms with E-state index in [1.165, 1.54) is 19.4 Å². The van der Waals surface area contributed by atoms with Crippen LogP contribution >= 0.6 is 11.3 Å². The molecule has 4 N–H and O–H groups in total. The molecule has 0 spiro atoms. The Hall–Kier alpha value is -3.13. The Bertz CT molecular complexity index is 1150. The highest BCUT2D eigenvalue weighted by Crippen LogP contribution is 2.26. The maximum Gasteiger partial charge on any atom is 0.405 e. The lowest BCUT2D eigenvalue weighted by molar-refractivity contribution is -0.115. The van der Waals surface area contributed by atoms with Gasteiger partial charge < -0.3 is 21.1 Å². The van der Waals surface area contributed by atoms with Crippen molar-refractivity contribution < 1.29 is 31.9 Å². The molecular formula is C19H19F5N6O2S. The molecule has 3 heterocycles. The zero-order chi connectivity index (χ0) is 24.4. The van der Waals surface area contributed by atoms with E-state index in [0.717, 1.165) is 29.7 Å². The van der Waals surface area contributed by atoms with Crippen molar-refractivity contribution in [2.75, 3.05) is 23.7 Å². The molecule has 0 aliphatic rings. The van der Waals surface area contributed by atoms with E-state index in [1.807, 2.05) is 0 Å². The molecule has 0 saturated carbocycles. The lowest BCUT2D eigenvalue weighted by Gasteiger charge is -2.22. The van der Waals surface area contributed by atoms with Gasteiger partial charge in [-0.15, -0.1) is 11.3 Å². The molecule has 3 rings (SSSR count). The highest BCUT2D eigenvalue weighted by molar-refractivity contribution is 7.16. The zero-order valence-corrected chi connectivity index (χ0v) is 18.1. The van der Waals surface area contributed by atoms with E-state index in [2.05, 4.69) is 30.9 Å². The van der Waals surface area contributed by atoms with E-state index in [4.69, 9.17) is 0 Å². The van der Waals surface area contributed by atoms with E-state index >= 15 is 0 Å². The van der Waals surface area contributed by atoms with E-state index in [1.54, 1.807) is 0 Å². The molecule has 8 nitrogen and oxygen atoms in total. The minimum atomic E-state index is -4.60. The molecule has 14 heteroatoms. The van der Waals surface area contributed by atoms with Crippen LogP contribution in [0, 0.1) is 5.82 Å². The molecule has 0 aliphatic carbocycles. The number of aromatic nitrogens is 3. The van der Waals surface area contributed by atoms with Crippen LogP contribution < -0.4 is 16.0 Å². The van der Waals surface area contributed by atoms with Crippen molar-refractivity contribution in [3.8, 4) is 0 Å². The number of nitrogens with zero attached hydrogens (tertiary/aromatic N) is 3. The Morgan fingerprint density at radius 1 is 1.24 bits per heavy atom. The number of carbonyl (C=O) groups excluding carboxylic acids is 1. The number of rotatable bonds is 8. The summed E-state index contributed by atoms with van der Waals surface area (Å²) in [4.78, 5) is 24.8. The number of halogens is 5. The first-order valence-electron chi connectivity index (χ1n) is 9.45. The van der Waals surface area contributed by atoms with Crippen molar-refractivity contribution in [3.63, 3.8) is 0 Å². The number of hydrogen-bond donors (Lipinski definition) is 4. The molecule has 0 radical (unpaired) electrons. The molecule has 0 aromatic carbocycles. The normalized spacial score (nSPS) is 13.1. The smallest absolute Gasteiger partial charge is 0.387 e. The maximum absolute atomic E-state index is 14.3. The molecule has 0 bridgehead atoms. The highest BCUT2D eigenvalue weighted by Gasteiger charge is 2.29. The molecule has 1 atom stereocenters. The molecule has 3 aromatic heterocycles. The first-order valence-corrected chi connectivity index (χ1v) is 10.3. The van der Waals surface area contributed by atoms with Crippen LogP contribution in [0.4, 0.5) is 39.3 Å². The van der Waals surface area contributed by atoms with E-state index < -0.39 is 42.8 Å². The summed E-state index contributed by atoms with van der Waals surface area (Å²) in [5, 5.41) is 16.5. The summed E-state index contributed by atoms with van der Waals surface area (Å²) in [6.07, 6.45) is -5.46. The van der Waals surface area contributed by atoms with Crippen molar-refractivity contribution in [1.82, 2.24) is 20.3 Å². The van der Waals surface area contributed by atoms with Gasteiger partial charge in [0, 0.05) is 18.3 Å². The second-order valence-electron chi connectivity index (χ2n) is 7.54. The number of anilines is 3. The highest BCUT2D eigenvalue weighted by atomic mass is 32.1. The second-order valence-corrected chi connectivity index (χ2v) is 8.37. The van der Waals surface area contributed by atoms with Crippen LogP contribution in [-0.2, 0) is 0 Å². The summed E-state index contributed by atoms with van der Waals surface area (Å²) in [6.45, 7) is 0.370. The first-order chi connectivity index (χ1) is 15.3. The largest absolute Gasteiger partial charge is 0.405 e. The third-order valence-electron chi connectivity index (χ3n) is 4.36. The van der Waals surface area contributed by atoms with Gasteiger partial charge in [0.05, 0.1) is 28.9 Å². The molecule has 1 amide bonds. The van der Waals surface area contributed by atoms with Crippen molar-refractivity contribution in [1.29, 1.82) is 0 Å². The van der Waals surface area contributed by atoms with Crippen LogP contribution in [0.15, 0.2) is 23.8 Å². The number of hydrogen-bond acceptors (Lipinski definition) is 8. The second kappa shape index (κ2) is 9.39. The Morgan fingerprint density at radius 3 is 2.64 bits per heavy atom. The lowest BCUT2D eigenvalue weighted by Crippen LogP contribution is -2.42. The number of alkyl halides is 4.